The van der Waals surface area contributed by atoms with Crippen molar-refractivity contribution >= 4 is 0 Å². The highest BCUT2D eigenvalue weighted by Crippen LogP contribution is 2.28. The van der Waals surface area contributed by atoms with E-state index in [1.807, 2.05) is 12.1 Å². The fourth-order valence-electron chi connectivity index (χ4n) is 3.41. The zero-order valence-corrected chi connectivity index (χ0v) is 14.8. The van der Waals surface area contributed by atoms with Gasteiger partial charge in [0.15, 0.2) is 11.5 Å². The van der Waals surface area contributed by atoms with E-state index in [1.165, 1.54) is 5.56 Å². The standard InChI is InChI=1S/C18H30N2O3/c1-19-10-5-9-18(21,13-19)14-20(2)11-8-15-6-7-16(22-3)17(12-15)23-4/h6-7,12,21H,5,8-11,13-14H2,1-4H3/t18-/m1/s1. The van der Waals surface area contributed by atoms with Crippen LogP contribution in [0.2, 0.25) is 0 Å². The van der Waals surface area contributed by atoms with Gasteiger partial charge in [-0.2, -0.15) is 0 Å². The summed E-state index contributed by atoms with van der Waals surface area (Å²) in [6.07, 6.45) is 2.87. The van der Waals surface area contributed by atoms with E-state index < -0.39 is 5.60 Å². The second-order valence-electron chi connectivity index (χ2n) is 6.74. The minimum atomic E-state index is -0.584. The van der Waals surface area contributed by atoms with Crippen LogP contribution < -0.4 is 9.47 Å². The van der Waals surface area contributed by atoms with Crippen LogP contribution >= 0.6 is 0 Å². The molecular formula is C18H30N2O3. The van der Waals surface area contributed by atoms with E-state index in [1.54, 1.807) is 14.2 Å². The van der Waals surface area contributed by atoms with Gasteiger partial charge in [0.1, 0.15) is 0 Å². The molecule has 1 aromatic rings. The van der Waals surface area contributed by atoms with E-state index in [4.69, 9.17) is 9.47 Å². The molecular weight excluding hydrogens is 292 g/mol. The molecule has 1 aliphatic rings. The zero-order valence-electron chi connectivity index (χ0n) is 14.8. The average molecular weight is 322 g/mol. The molecule has 1 N–H and O–H groups in total. The Bertz CT molecular complexity index is 509. The molecule has 1 saturated heterocycles. The average Bonchev–Trinajstić information content (AvgIpc) is 2.51. The Labute approximate surface area is 139 Å². The molecule has 0 radical (unpaired) electrons. The molecule has 23 heavy (non-hydrogen) atoms. The van der Waals surface area contributed by atoms with Gasteiger partial charge in [-0.05, 0) is 57.6 Å². The highest BCUT2D eigenvalue weighted by atomic mass is 16.5. The molecule has 0 bridgehead atoms. The molecule has 0 unspecified atom stereocenters. The van der Waals surface area contributed by atoms with Crippen LogP contribution in [-0.2, 0) is 6.42 Å². The van der Waals surface area contributed by atoms with E-state index in [0.717, 1.165) is 50.4 Å². The van der Waals surface area contributed by atoms with Gasteiger partial charge in [0.25, 0.3) is 0 Å². The van der Waals surface area contributed by atoms with Crippen molar-refractivity contribution in [1.29, 1.82) is 0 Å². The number of rotatable bonds is 7. The monoisotopic (exact) mass is 322 g/mol. The Morgan fingerprint density at radius 3 is 2.65 bits per heavy atom. The number of aliphatic hydroxyl groups is 1. The molecule has 0 aliphatic carbocycles. The van der Waals surface area contributed by atoms with Crippen LogP contribution in [0.15, 0.2) is 18.2 Å². The zero-order chi connectivity index (χ0) is 16.9. The van der Waals surface area contributed by atoms with Gasteiger partial charge in [0, 0.05) is 19.6 Å². The largest absolute Gasteiger partial charge is 0.493 e. The topological polar surface area (TPSA) is 45.2 Å². The normalized spacial score (nSPS) is 22.3. The van der Waals surface area contributed by atoms with Crippen molar-refractivity contribution in [2.45, 2.75) is 24.9 Å². The van der Waals surface area contributed by atoms with Crippen LogP contribution in [0.5, 0.6) is 11.5 Å². The van der Waals surface area contributed by atoms with Crippen LogP contribution in [-0.4, -0.2) is 75.0 Å². The summed E-state index contributed by atoms with van der Waals surface area (Å²) in [6, 6.07) is 6.03. The first-order chi connectivity index (χ1) is 11.0. The highest BCUT2D eigenvalue weighted by Gasteiger charge is 2.32. The van der Waals surface area contributed by atoms with Crippen LogP contribution in [0, 0.1) is 0 Å². The minimum absolute atomic E-state index is 0.584. The summed E-state index contributed by atoms with van der Waals surface area (Å²) in [6.45, 7) is 3.46. The van der Waals surface area contributed by atoms with Crippen molar-refractivity contribution in [2.24, 2.45) is 0 Å². The van der Waals surface area contributed by atoms with Gasteiger partial charge < -0.3 is 24.4 Å². The summed E-state index contributed by atoms with van der Waals surface area (Å²) >= 11 is 0. The molecule has 1 fully saturated rings. The van der Waals surface area contributed by atoms with Crippen molar-refractivity contribution < 1.29 is 14.6 Å². The first kappa shape index (κ1) is 18.0. The molecule has 0 spiro atoms. The van der Waals surface area contributed by atoms with Crippen LogP contribution in [0.1, 0.15) is 18.4 Å². The number of likely N-dealkylation sites (tertiary alicyclic amines) is 1. The van der Waals surface area contributed by atoms with E-state index >= 15 is 0 Å². The SMILES string of the molecule is COc1ccc(CCN(C)C[C@@]2(O)CCCN(C)C2)cc1OC. The van der Waals surface area contributed by atoms with Crippen molar-refractivity contribution in [2.75, 3.05) is 54.5 Å². The molecule has 0 saturated carbocycles. The van der Waals surface area contributed by atoms with E-state index in [0.29, 0.717) is 6.54 Å². The highest BCUT2D eigenvalue weighted by molar-refractivity contribution is 5.42. The maximum absolute atomic E-state index is 10.7. The molecule has 1 heterocycles. The van der Waals surface area contributed by atoms with Gasteiger partial charge in [-0.3, -0.25) is 0 Å². The number of benzene rings is 1. The number of ether oxygens (including phenoxy) is 2. The van der Waals surface area contributed by atoms with E-state index in [9.17, 15) is 5.11 Å². The predicted molar refractivity (Wildman–Crippen MR) is 92.4 cm³/mol. The lowest BCUT2D eigenvalue weighted by Crippen LogP contribution is -2.52. The number of β-amino-alcohol motifs (C(OH)–C–C–N with tert-alkyl or cyclic N) is 1. The predicted octanol–water partition coefficient (Wildman–Crippen LogP) is 1.63. The summed E-state index contributed by atoms with van der Waals surface area (Å²) in [4.78, 5) is 4.43. The number of nitrogens with zero attached hydrogens (tertiary/aromatic N) is 2. The maximum atomic E-state index is 10.7. The maximum Gasteiger partial charge on any atom is 0.160 e. The molecule has 5 heteroatoms. The van der Waals surface area contributed by atoms with Gasteiger partial charge in [0.05, 0.1) is 19.8 Å². The van der Waals surface area contributed by atoms with E-state index in [2.05, 4.69) is 30.0 Å². The van der Waals surface area contributed by atoms with Crippen molar-refractivity contribution in [3.63, 3.8) is 0 Å². The number of hydrogen-bond donors (Lipinski definition) is 1. The number of hydrogen-bond acceptors (Lipinski definition) is 5. The lowest BCUT2D eigenvalue weighted by molar-refractivity contribution is -0.0426. The second-order valence-corrected chi connectivity index (χ2v) is 6.74. The lowest BCUT2D eigenvalue weighted by Gasteiger charge is -2.39. The summed E-state index contributed by atoms with van der Waals surface area (Å²) in [5.41, 5.74) is 0.626. The van der Waals surface area contributed by atoms with Crippen LogP contribution in [0.3, 0.4) is 0 Å². The van der Waals surface area contributed by atoms with Gasteiger partial charge >= 0.3 is 0 Å². The van der Waals surface area contributed by atoms with Crippen LogP contribution in [0.25, 0.3) is 0 Å². The van der Waals surface area contributed by atoms with Gasteiger partial charge in [-0.25, -0.2) is 0 Å². The molecule has 130 valence electrons. The summed E-state index contributed by atoms with van der Waals surface area (Å²) in [5, 5.41) is 10.7. The molecule has 0 aromatic heterocycles. The molecule has 1 aromatic carbocycles. The summed E-state index contributed by atoms with van der Waals surface area (Å²) in [5.74, 6) is 1.52. The Hall–Kier alpha value is -1.30. The molecule has 1 aliphatic heterocycles. The Morgan fingerprint density at radius 2 is 2.00 bits per heavy atom. The van der Waals surface area contributed by atoms with Crippen LogP contribution in [0.4, 0.5) is 0 Å². The quantitative estimate of drug-likeness (QED) is 0.827. The fourth-order valence-corrected chi connectivity index (χ4v) is 3.41. The van der Waals surface area contributed by atoms with Gasteiger partial charge in [-0.1, -0.05) is 6.07 Å². The Morgan fingerprint density at radius 1 is 1.26 bits per heavy atom. The first-order valence-electron chi connectivity index (χ1n) is 8.26. The fraction of sp³-hybridized carbons (Fsp3) is 0.667. The van der Waals surface area contributed by atoms with Gasteiger partial charge in [0.2, 0.25) is 0 Å². The number of likely N-dealkylation sites (N-methyl/N-ethyl adjacent to an activating group) is 2. The first-order valence-corrected chi connectivity index (χ1v) is 8.26. The van der Waals surface area contributed by atoms with Crippen molar-refractivity contribution in [1.82, 2.24) is 9.80 Å². The van der Waals surface area contributed by atoms with E-state index in [-0.39, 0.29) is 0 Å². The molecule has 1 atom stereocenters. The van der Waals surface area contributed by atoms with Crippen molar-refractivity contribution in [3.8, 4) is 11.5 Å². The smallest absolute Gasteiger partial charge is 0.160 e. The summed E-state index contributed by atoms with van der Waals surface area (Å²) in [7, 11) is 7.46. The summed E-state index contributed by atoms with van der Waals surface area (Å²) < 4.78 is 10.6. The second kappa shape index (κ2) is 7.99. The minimum Gasteiger partial charge on any atom is -0.493 e. The third kappa shape index (κ3) is 5.09. The lowest BCUT2D eigenvalue weighted by atomic mass is 9.92. The molecule has 0 amide bonds. The van der Waals surface area contributed by atoms with Crippen molar-refractivity contribution in [3.05, 3.63) is 23.8 Å². The molecule has 2 rings (SSSR count). The molecule has 5 nitrogen and oxygen atoms in total. The number of piperidine rings is 1. The Kier molecular flexibility index (Phi) is 6.27. The third-order valence-electron chi connectivity index (χ3n) is 4.54. The number of methoxy groups -OCH3 is 2. The van der Waals surface area contributed by atoms with Gasteiger partial charge in [-0.15, -0.1) is 0 Å². The third-order valence-corrected chi connectivity index (χ3v) is 4.54. The Balaban J connectivity index is 1.87.